The zero-order chi connectivity index (χ0) is 21.6. The van der Waals surface area contributed by atoms with E-state index in [0.29, 0.717) is 47.9 Å². The lowest BCUT2D eigenvalue weighted by Gasteiger charge is -2.27. The highest BCUT2D eigenvalue weighted by Gasteiger charge is 2.27. The van der Waals surface area contributed by atoms with Crippen molar-refractivity contribution >= 4 is 40.5 Å². The number of thioether (sulfide) groups is 1. The molecule has 0 aromatic heterocycles. The summed E-state index contributed by atoms with van der Waals surface area (Å²) in [7, 11) is 0. The van der Waals surface area contributed by atoms with Crippen molar-refractivity contribution in [2.24, 2.45) is 4.99 Å². The third-order valence-electron chi connectivity index (χ3n) is 4.80. The van der Waals surface area contributed by atoms with Crippen molar-refractivity contribution in [2.75, 3.05) is 32.9 Å². The molecule has 0 aliphatic carbocycles. The van der Waals surface area contributed by atoms with Crippen LogP contribution in [0, 0.1) is 0 Å². The summed E-state index contributed by atoms with van der Waals surface area (Å²) >= 11 is 7.62. The van der Waals surface area contributed by atoms with Crippen molar-refractivity contribution in [3.8, 4) is 11.5 Å². The molecule has 0 atom stereocenters. The van der Waals surface area contributed by atoms with Crippen LogP contribution in [0.15, 0.2) is 52.4 Å². The SMILES string of the molecule is CCOc1cc(/C=C2\SC(N3CCOCC3)=NC2=O)ccc1OCc1ccccc1Cl. The molecule has 2 aromatic rings. The quantitative estimate of drug-likeness (QED) is 0.588. The predicted molar refractivity (Wildman–Crippen MR) is 124 cm³/mol. The van der Waals surface area contributed by atoms with Crippen LogP contribution in [-0.2, 0) is 16.1 Å². The second kappa shape index (κ2) is 10.2. The summed E-state index contributed by atoms with van der Waals surface area (Å²) in [6, 6.07) is 13.2. The Labute approximate surface area is 190 Å². The van der Waals surface area contributed by atoms with Crippen molar-refractivity contribution in [1.29, 1.82) is 0 Å². The lowest BCUT2D eigenvalue weighted by Crippen LogP contribution is -2.38. The monoisotopic (exact) mass is 458 g/mol. The minimum Gasteiger partial charge on any atom is -0.490 e. The topological polar surface area (TPSA) is 60.4 Å². The van der Waals surface area contributed by atoms with E-state index in [1.807, 2.05) is 55.5 Å². The van der Waals surface area contributed by atoms with Gasteiger partial charge < -0.3 is 19.1 Å². The second-order valence-electron chi connectivity index (χ2n) is 6.93. The minimum atomic E-state index is -0.219. The van der Waals surface area contributed by atoms with Crippen LogP contribution in [-0.4, -0.2) is 48.9 Å². The average molecular weight is 459 g/mol. The van der Waals surface area contributed by atoms with E-state index in [1.54, 1.807) is 0 Å². The standard InChI is InChI=1S/C23H23ClN2O4S/c1-2-29-20-13-16(7-8-19(20)30-15-17-5-3-4-6-18(17)24)14-21-22(27)25-23(31-21)26-9-11-28-12-10-26/h3-8,13-14H,2,9-12,15H2,1H3/b21-14-. The Hall–Kier alpha value is -2.48. The van der Waals surface area contributed by atoms with Gasteiger partial charge in [0.05, 0.1) is 24.7 Å². The van der Waals surface area contributed by atoms with Crippen molar-refractivity contribution in [3.05, 3.63) is 63.5 Å². The molecular weight excluding hydrogens is 436 g/mol. The molecule has 6 nitrogen and oxygen atoms in total. The fourth-order valence-corrected chi connectivity index (χ4v) is 4.37. The van der Waals surface area contributed by atoms with Crippen LogP contribution in [0.25, 0.3) is 6.08 Å². The van der Waals surface area contributed by atoms with Crippen LogP contribution in [0.5, 0.6) is 11.5 Å². The molecule has 0 spiro atoms. The number of morpholine rings is 1. The summed E-state index contributed by atoms with van der Waals surface area (Å²) < 4.78 is 17.1. The van der Waals surface area contributed by atoms with E-state index in [-0.39, 0.29) is 5.91 Å². The number of hydrogen-bond donors (Lipinski definition) is 0. The number of ether oxygens (including phenoxy) is 3. The maximum absolute atomic E-state index is 12.4. The van der Waals surface area contributed by atoms with Gasteiger partial charge in [-0.25, -0.2) is 0 Å². The van der Waals surface area contributed by atoms with Crippen LogP contribution >= 0.6 is 23.4 Å². The highest BCUT2D eigenvalue weighted by atomic mass is 35.5. The third-order valence-corrected chi connectivity index (χ3v) is 6.21. The van der Waals surface area contributed by atoms with Gasteiger partial charge >= 0.3 is 0 Å². The molecule has 0 saturated carbocycles. The van der Waals surface area contributed by atoms with Gasteiger partial charge in [-0.3, -0.25) is 4.79 Å². The number of aliphatic imine (C=N–C) groups is 1. The molecule has 2 aliphatic rings. The van der Waals surface area contributed by atoms with Gasteiger partial charge in [-0.2, -0.15) is 4.99 Å². The van der Waals surface area contributed by atoms with Crippen molar-refractivity contribution < 1.29 is 19.0 Å². The van der Waals surface area contributed by atoms with E-state index in [9.17, 15) is 4.79 Å². The molecule has 1 amide bonds. The van der Waals surface area contributed by atoms with Crippen LogP contribution in [0.1, 0.15) is 18.1 Å². The largest absolute Gasteiger partial charge is 0.490 e. The summed E-state index contributed by atoms with van der Waals surface area (Å²) in [5.41, 5.74) is 1.75. The molecule has 31 heavy (non-hydrogen) atoms. The van der Waals surface area contributed by atoms with E-state index in [1.165, 1.54) is 11.8 Å². The molecule has 2 aromatic carbocycles. The lowest BCUT2D eigenvalue weighted by atomic mass is 10.2. The number of amides is 1. The van der Waals surface area contributed by atoms with Crippen molar-refractivity contribution in [3.63, 3.8) is 0 Å². The van der Waals surface area contributed by atoms with Crippen LogP contribution in [0.4, 0.5) is 0 Å². The molecular formula is C23H23ClN2O4S. The summed E-state index contributed by atoms with van der Waals surface area (Å²) in [4.78, 5) is 19.3. The fourth-order valence-electron chi connectivity index (χ4n) is 3.21. The number of rotatable bonds is 6. The Morgan fingerprint density at radius 1 is 1.16 bits per heavy atom. The first-order valence-corrected chi connectivity index (χ1v) is 11.3. The molecule has 162 valence electrons. The minimum absolute atomic E-state index is 0.219. The Kier molecular flexibility index (Phi) is 7.17. The second-order valence-corrected chi connectivity index (χ2v) is 8.35. The molecule has 1 fully saturated rings. The summed E-state index contributed by atoms with van der Waals surface area (Å²) in [5, 5.41) is 1.40. The van der Waals surface area contributed by atoms with Crippen LogP contribution < -0.4 is 9.47 Å². The summed E-state index contributed by atoms with van der Waals surface area (Å²) in [5.74, 6) is 1.02. The molecule has 0 unspecified atom stereocenters. The van der Waals surface area contributed by atoms with Crippen LogP contribution in [0.3, 0.4) is 0 Å². The number of carbonyl (C=O) groups excluding carboxylic acids is 1. The van der Waals surface area contributed by atoms with Gasteiger partial charge in [0.2, 0.25) is 0 Å². The maximum atomic E-state index is 12.4. The fraction of sp³-hybridized carbons (Fsp3) is 0.304. The van der Waals surface area contributed by atoms with Gasteiger partial charge in [0.15, 0.2) is 16.7 Å². The Morgan fingerprint density at radius 2 is 1.97 bits per heavy atom. The normalized spacial score (nSPS) is 17.7. The Morgan fingerprint density at radius 3 is 2.74 bits per heavy atom. The highest BCUT2D eigenvalue weighted by Crippen LogP contribution is 2.34. The van der Waals surface area contributed by atoms with Gasteiger partial charge in [0.25, 0.3) is 5.91 Å². The first-order chi connectivity index (χ1) is 15.1. The number of benzene rings is 2. The summed E-state index contributed by atoms with van der Waals surface area (Å²) in [6.07, 6.45) is 1.84. The van der Waals surface area contributed by atoms with Crippen LogP contribution in [0.2, 0.25) is 5.02 Å². The summed E-state index contributed by atoms with van der Waals surface area (Å²) in [6.45, 7) is 5.56. The van der Waals surface area contributed by atoms with Gasteiger partial charge in [-0.15, -0.1) is 0 Å². The number of amidine groups is 1. The Balaban J connectivity index is 1.48. The number of carbonyl (C=O) groups is 1. The molecule has 1 saturated heterocycles. The first-order valence-electron chi connectivity index (χ1n) is 10.1. The molecule has 0 bridgehead atoms. The molecule has 0 N–H and O–H groups in total. The molecule has 4 rings (SSSR count). The molecule has 2 aliphatic heterocycles. The lowest BCUT2D eigenvalue weighted by molar-refractivity contribution is -0.113. The maximum Gasteiger partial charge on any atom is 0.286 e. The highest BCUT2D eigenvalue weighted by molar-refractivity contribution is 8.18. The molecule has 2 heterocycles. The van der Waals surface area contributed by atoms with E-state index in [0.717, 1.165) is 29.4 Å². The third kappa shape index (κ3) is 5.42. The van der Waals surface area contributed by atoms with E-state index >= 15 is 0 Å². The van der Waals surface area contributed by atoms with Crippen molar-refractivity contribution in [2.45, 2.75) is 13.5 Å². The Bertz CT molecular complexity index is 1020. The van der Waals surface area contributed by atoms with Crippen molar-refractivity contribution in [1.82, 2.24) is 4.90 Å². The predicted octanol–water partition coefficient (Wildman–Crippen LogP) is 4.62. The number of halogens is 1. The molecule has 0 radical (unpaired) electrons. The number of nitrogens with zero attached hydrogens (tertiary/aromatic N) is 2. The number of hydrogen-bond acceptors (Lipinski definition) is 6. The van der Waals surface area contributed by atoms with Gasteiger partial charge in [0, 0.05) is 23.7 Å². The van der Waals surface area contributed by atoms with Gasteiger partial charge in [-0.1, -0.05) is 35.9 Å². The average Bonchev–Trinajstić information content (AvgIpc) is 3.15. The van der Waals surface area contributed by atoms with E-state index in [2.05, 4.69) is 9.89 Å². The first kappa shape index (κ1) is 21.7. The zero-order valence-corrected chi connectivity index (χ0v) is 18.7. The van der Waals surface area contributed by atoms with E-state index in [4.69, 9.17) is 25.8 Å². The van der Waals surface area contributed by atoms with Gasteiger partial charge in [-0.05, 0) is 48.5 Å². The zero-order valence-electron chi connectivity index (χ0n) is 17.2. The molecule has 8 heteroatoms. The van der Waals surface area contributed by atoms with E-state index < -0.39 is 0 Å². The smallest absolute Gasteiger partial charge is 0.286 e. The van der Waals surface area contributed by atoms with Gasteiger partial charge in [0.1, 0.15) is 6.61 Å².